The average molecular weight is 411 g/mol. The Bertz CT molecular complexity index is 886. The maximum atomic E-state index is 11.7. The molecule has 3 N–H and O–H groups in total. The number of morpholine rings is 1. The molecule has 0 bridgehead atoms. The molecule has 0 radical (unpaired) electrons. The number of nitrogens with zero attached hydrogens (tertiary/aromatic N) is 3. The van der Waals surface area contributed by atoms with E-state index in [1.165, 1.54) is 5.56 Å². The fourth-order valence-electron chi connectivity index (χ4n) is 4.02. The fourth-order valence-corrected chi connectivity index (χ4v) is 4.02. The van der Waals surface area contributed by atoms with Gasteiger partial charge in [0.25, 0.3) is 0 Å². The van der Waals surface area contributed by atoms with Gasteiger partial charge in [0.2, 0.25) is 0 Å². The van der Waals surface area contributed by atoms with Crippen LogP contribution in [0.2, 0.25) is 0 Å². The normalized spacial score (nSPS) is 18.6. The lowest BCUT2D eigenvalue weighted by molar-refractivity contribution is 0.0924. The van der Waals surface area contributed by atoms with E-state index in [2.05, 4.69) is 27.8 Å². The lowest BCUT2D eigenvalue weighted by Gasteiger charge is -2.38. The second-order valence-corrected chi connectivity index (χ2v) is 7.62. The maximum absolute atomic E-state index is 11.7. The number of carbonyl (C=O) groups is 1. The number of anilines is 2. The van der Waals surface area contributed by atoms with Gasteiger partial charge in [-0.3, -0.25) is 0 Å². The van der Waals surface area contributed by atoms with Crippen molar-refractivity contribution in [2.24, 2.45) is 0 Å². The monoisotopic (exact) mass is 410 g/mol. The minimum Gasteiger partial charge on any atom is -0.377 e. The predicted octanol–water partition coefficient (Wildman–Crippen LogP) is 2.55. The van der Waals surface area contributed by atoms with Gasteiger partial charge in [0.05, 0.1) is 24.9 Å². The summed E-state index contributed by atoms with van der Waals surface area (Å²) >= 11 is 0. The molecular weight excluding hydrogens is 380 g/mol. The van der Waals surface area contributed by atoms with E-state index in [1.807, 2.05) is 31.2 Å². The first kappa shape index (κ1) is 20.6. The van der Waals surface area contributed by atoms with Crippen LogP contribution >= 0.6 is 0 Å². The van der Waals surface area contributed by atoms with E-state index >= 15 is 0 Å². The van der Waals surface area contributed by atoms with Crippen LogP contribution in [0.15, 0.2) is 24.3 Å². The summed E-state index contributed by atoms with van der Waals surface area (Å²) in [5, 5.41) is 8.99. The number of fused-ring (bicyclic) bond motifs is 1. The molecule has 30 heavy (non-hydrogen) atoms. The summed E-state index contributed by atoms with van der Waals surface area (Å²) in [4.78, 5) is 24.1. The zero-order chi connectivity index (χ0) is 20.9. The highest BCUT2D eigenvalue weighted by Gasteiger charge is 2.28. The summed E-state index contributed by atoms with van der Waals surface area (Å²) in [5.74, 6) is 1.77. The summed E-state index contributed by atoms with van der Waals surface area (Å²) in [7, 11) is 0. The van der Waals surface area contributed by atoms with Crippen LogP contribution in [-0.4, -0.2) is 54.9 Å². The molecule has 8 nitrogen and oxygen atoms in total. The van der Waals surface area contributed by atoms with Crippen LogP contribution in [0.5, 0.6) is 0 Å². The fraction of sp³-hybridized carbons (Fsp3) is 0.500. The van der Waals surface area contributed by atoms with Gasteiger partial charge in [-0.25, -0.2) is 14.8 Å². The minimum atomic E-state index is -0.207. The van der Waals surface area contributed by atoms with Crippen molar-refractivity contribution in [1.29, 1.82) is 0 Å². The van der Waals surface area contributed by atoms with E-state index < -0.39 is 0 Å². The summed E-state index contributed by atoms with van der Waals surface area (Å²) in [6.45, 7) is 8.70. The SMILES string of the molecule is CCNC(=O)Nc1ccc(-c2nc3c(c(N4CCOCC4CC)n2)CCNC3)cc1. The molecule has 1 aromatic heterocycles. The number of ether oxygens (including phenoxy) is 1. The molecule has 1 saturated heterocycles. The topological polar surface area (TPSA) is 91.4 Å². The number of carbonyl (C=O) groups excluding carboxylic acids is 1. The number of amides is 2. The Labute approximate surface area is 177 Å². The van der Waals surface area contributed by atoms with Crippen LogP contribution in [0.25, 0.3) is 11.4 Å². The number of nitrogens with one attached hydrogen (secondary N) is 3. The minimum absolute atomic E-state index is 0.207. The smallest absolute Gasteiger partial charge is 0.319 e. The van der Waals surface area contributed by atoms with E-state index in [0.29, 0.717) is 12.6 Å². The van der Waals surface area contributed by atoms with Gasteiger partial charge in [0.1, 0.15) is 5.82 Å². The molecule has 1 aromatic carbocycles. The molecule has 2 amide bonds. The van der Waals surface area contributed by atoms with Crippen molar-refractivity contribution in [2.45, 2.75) is 39.3 Å². The lowest BCUT2D eigenvalue weighted by Crippen LogP contribution is -2.46. The van der Waals surface area contributed by atoms with Gasteiger partial charge in [0, 0.05) is 36.4 Å². The molecule has 2 aromatic rings. The molecule has 1 unspecified atom stereocenters. The number of aromatic nitrogens is 2. The Hall–Kier alpha value is -2.71. The Morgan fingerprint density at radius 2 is 2.10 bits per heavy atom. The second kappa shape index (κ2) is 9.40. The Kier molecular flexibility index (Phi) is 6.44. The van der Waals surface area contributed by atoms with Crippen LogP contribution < -0.4 is 20.9 Å². The van der Waals surface area contributed by atoms with E-state index in [4.69, 9.17) is 14.7 Å². The number of hydrogen-bond acceptors (Lipinski definition) is 6. The highest BCUT2D eigenvalue weighted by molar-refractivity contribution is 5.89. The van der Waals surface area contributed by atoms with Crippen LogP contribution in [-0.2, 0) is 17.7 Å². The first-order valence-corrected chi connectivity index (χ1v) is 10.8. The maximum Gasteiger partial charge on any atom is 0.319 e. The summed E-state index contributed by atoms with van der Waals surface area (Å²) in [6.07, 6.45) is 1.96. The third kappa shape index (κ3) is 4.39. The number of benzene rings is 1. The molecular formula is C22H30N6O2. The molecule has 1 fully saturated rings. The second-order valence-electron chi connectivity index (χ2n) is 7.62. The summed E-state index contributed by atoms with van der Waals surface area (Å²) in [5.41, 5.74) is 4.01. The highest BCUT2D eigenvalue weighted by atomic mass is 16.5. The van der Waals surface area contributed by atoms with Crippen molar-refractivity contribution < 1.29 is 9.53 Å². The molecule has 8 heteroatoms. The van der Waals surface area contributed by atoms with Crippen LogP contribution in [0.1, 0.15) is 31.5 Å². The van der Waals surface area contributed by atoms with E-state index in [-0.39, 0.29) is 6.03 Å². The first-order chi connectivity index (χ1) is 14.7. The Morgan fingerprint density at radius 3 is 2.87 bits per heavy atom. The Morgan fingerprint density at radius 1 is 1.27 bits per heavy atom. The van der Waals surface area contributed by atoms with Gasteiger partial charge in [-0.1, -0.05) is 6.92 Å². The van der Waals surface area contributed by atoms with Crippen molar-refractivity contribution in [3.63, 3.8) is 0 Å². The number of rotatable bonds is 5. The number of hydrogen-bond donors (Lipinski definition) is 3. The van der Waals surface area contributed by atoms with Crippen molar-refractivity contribution in [1.82, 2.24) is 20.6 Å². The van der Waals surface area contributed by atoms with Crippen molar-refractivity contribution in [3.8, 4) is 11.4 Å². The van der Waals surface area contributed by atoms with E-state index in [9.17, 15) is 4.79 Å². The molecule has 4 rings (SSSR count). The van der Waals surface area contributed by atoms with Gasteiger partial charge < -0.3 is 25.6 Å². The molecule has 3 heterocycles. The van der Waals surface area contributed by atoms with Crippen LogP contribution in [0.3, 0.4) is 0 Å². The van der Waals surface area contributed by atoms with Crippen LogP contribution in [0, 0.1) is 0 Å². The highest BCUT2D eigenvalue weighted by Crippen LogP contribution is 2.30. The zero-order valence-electron chi connectivity index (χ0n) is 17.7. The standard InChI is InChI=1S/C22H30N6O2/c1-3-17-14-30-12-11-28(17)21-18-9-10-23-13-19(18)26-20(27-21)15-5-7-16(8-6-15)25-22(29)24-4-2/h5-8,17,23H,3-4,9-14H2,1-2H3,(H2,24,25,29). The first-order valence-electron chi connectivity index (χ1n) is 10.8. The largest absolute Gasteiger partial charge is 0.377 e. The summed E-state index contributed by atoms with van der Waals surface area (Å²) in [6, 6.07) is 7.81. The number of urea groups is 1. The molecule has 160 valence electrons. The molecule has 0 aliphatic carbocycles. The zero-order valence-corrected chi connectivity index (χ0v) is 17.7. The molecule has 0 saturated carbocycles. The Balaban J connectivity index is 1.66. The van der Waals surface area contributed by atoms with Gasteiger partial charge in [0.15, 0.2) is 5.82 Å². The molecule has 2 aliphatic heterocycles. The van der Waals surface area contributed by atoms with Crippen LogP contribution in [0.4, 0.5) is 16.3 Å². The van der Waals surface area contributed by atoms with E-state index in [0.717, 1.165) is 74.3 Å². The quantitative estimate of drug-likeness (QED) is 0.702. The lowest BCUT2D eigenvalue weighted by atomic mass is 10.0. The molecule has 1 atom stereocenters. The van der Waals surface area contributed by atoms with E-state index in [1.54, 1.807) is 0 Å². The molecule has 2 aliphatic rings. The van der Waals surface area contributed by atoms with Gasteiger partial charge in [-0.2, -0.15) is 0 Å². The average Bonchev–Trinajstić information content (AvgIpc) is 2.79. The third-order valence-corrected chi connectivity index (χ3v) is 5.62. The van der Waals surface area contributed by atoms with Gasteiger partial charge in [-0.15, -0.1) is 0 Å². The van der Waals surface area contributed by atoms with Crippen molar-refractivity contribution >= 4 is 17.5 Å². The van der Waals surface area contributed by atoms with Crippen molar-refractivity contribution in [2.75, 3.05) is 43.1 Å². The molecule has 0 spiro atoms. The van der Waals surface area contributed by atoms with Gasteiger partial charge >= 0.3 is 6.03 Å². The van der Waals surface area contributed by atoms with Gasteiger partial charge in [-0.05, 0) is 50.6 Å². The summed E-state index contributed by atoms with van der Waals surface area (Å²) < 4.78 is 5.71. The predicted molar refractivity (Wildman–Crippen MR) is 118 cm³/mol. The van der Waals surface area contributed by atoms with Crippen molar-refractivity contribution in [3.05, 3.63) is 35.5 Å². The third-order valence-electron chi connectivity index (χ3n) is 5.62.